The Morgan fingerprint density at radius 1 is 1.55 bits per heavy atom. The Bertz CT molecular complexity index is 736. The molecule has 0 atom stereocenters. The highest BCUT2D eigenvalue weighted by atomic mass is 79.9. The number of nitrogen functional groups attached to an aromatic ring is 1. The maximum Gasteiger partial charge on any atom is 0.243 e. The fraction of sp³-hybridized carbons (Fsp3) is 0.100. The summed E-state index contributed by atoms with van der Waals surface area (Å²) in [5.74, 6) is -1.05. The van der Waals surface area contributed by atoms with E-state index < -0.39 is 20.7 Å². The van der Waals surface area contributed by atoms with Crippen LogP contribution in [0, 0.1) is 5.82 Å². The Balaban J connectivity index is 2.35. The number of rotatable bonds is 4. The van der Waals surface area contributed by atoms with E-state index in [1.807, 2.05) is 0 Å². The van der Waals surface area contributed by atoms with Crippen molar-refractivity contribution in [1.29, 1.82) is 0 Å². The van der Waals surface area contributed by atoms with Crippen molar-refractivity contribution in [2.45, 2.75) is 11.4 Å². The molecule has 2 rings (SSSR count). The molecule has 0 amide bonds. The van der Waals surface area contributed by atoms with Crippen LogP contribution in [-0.2, 0) is 16.6 Å². The minimum absolute atomic E-state index is 0.00702. The second-order valence-corrected chi connectivity index (χ2v) is 6.76. The van der Waals surface area contributed by atoms with Crippen molar-refractivity contribution < 1.29 is 12.8 Å². The van der Waals surface area contributed by atoms with E-state index in [4.69, 9.17) is 17.3 Å². The number of aromatic nitrogens is 2. The zero-order valence-electron chi connectivity index (χ0n) is 9.82. The van der Waals surface area contributed by atoms with E-state index in [2.05, 4.69) is 30.8 Å². The average Bonchev–Trinajstić information content (AvgIpc) is 2.91. The number of benzene rings is 1. The average molecular weight is 384 g/mol. The molecule has 2 aromatic rings. The van der Waals surface area contributed by atoms with Gasteiger partial charge in [0.25, 0.3) is 0 Å². The normalized spacial score (nSPS) is 11.8. The molecule has 0 unspecified atom stereocenters. The van der Waals surface area contributed by atoms with Crippen LogP contribution in [0.25, 0.3) is 0 Å². The van der Waals surface area contributed by atoms with Crippen molar-refractivity contribution in [2.24, 2.45) is 0 Å². The number of H-pyrrole nitrogens is 1. The van der Waals surface area contributed by atoms with E-state index in [9.17, 15) is 12.8 Å². The summed E-state index contributed by atoms with van der Waals surface area (Å²) in [5, 5.41) is 6.22. The molecule has 0 aliphatic carbocycles. The monoisotopic (exact) mass is 382 g/mol. The minimum atomic E-state index is -4.08. The predicted octanol–water partition coefficient (Wildman–Crippen LogP) is 2.03. The number of nitrogens with two attached hydrogens (primary N) is 1. The Labute approximate surface area is 127 Å². The molecule has 0 aliphatic rings. The van der Waals surface area contributed by atoms with Crippen molar-refractivity contribution in [2.75, 3.05) is 5.73 Å². The van der Waals surface area contributed by atoms with Gasteiger partial charge in [-0.15, -0.1) is 0 Å². The van der Waals surface area contributed by atoms with E-state index in [0.29, 0.717) is 5.56 Å². The number of hydrogen-bond acceptors (Lipinski definition) is 4. The van der Waals surface area contributed by atoms with Gasteiger partial charge < -0.3 is 5.73 Å². The Morgan fingerprint density at radius 3 is 2.85 bits per heavy atom. The highest BCUT2D eigenvalue weighted by molar-refractivity contribution is 9.10. The van der Waals surface area contributed by atoms with Gasteiger partial charge in [0, 0.05) is 18.3 Å². The summed E-state index contributed by atoms with van der Waals surface area (Å²) in [4.78, 5) is -0.605. The Hall–Kier alpha value is -1.16. The van der Waals surface area contributed by atoms with Crippen LogP contribution in [0.15, 0.2) is 27.8 Å². The molecule has 1 heterocycles. The van der Waals surface area contributed by atoms with Crippen LogP contribution in [0.2, 0.25) is 5.02 Å². The molecule has 20 heavy (non-hydrogen) atoms. The molecule has 1 aromatic carbocycles. The van der Waals surface area contributed by atoms with Crippen molar-refractivity contribution in [3.63, 3.8) is 0 Å². The van der Waals surface area contributed by atoms with E-state index in [-0.39, 0.29) is 21.7 Å². The lowest BCUT2D eigenvalue weighted by Crippen LogP contribution is -2.24. The molecule has 4 N–H and O–H groups in total. The molecule has 108 valence electrons. The van der Waals surface area contributed by atoms with E-state index in [1.54, 1.807) is 0 Å². The number of nitrogens with zero attached hydrogens (tertiary/aromatic N) is 1. The number of anilines is 1. The zero-order valence-corrected chi connectivity index (χ0v) is 13.0. The quantitative estimate of drug-likeness (QED) is 0.555. The second-order valence-electron chi connectivity index (χ2n) is 3.83. The van der Waals surface area contributed by atoms with Gasteiger partial charge in [-0.3, -0.25) is 5.10 Å². The van der Waals surface area contributed by atoms with Crippen LogP contribution in [0.1, 0.15) is 5.56 Å². The van der Waals surface area contributed by atoms with Crippen molar-refractivity contribution in [3.8, 4) is 0 Å². The lowest BCUT2D eigenvalue weighted by Gasteiger charge is -2.10. The van der Waals surface area contributed by atoms with E-state index >= 15 is 0 Å². The fourth-order valence-electron chi connectivity index (χ4n) is 1.43. The molecule has 0 spiro atoms. The maximum atomic E-state index is 14.0. The van der Waals surface area contributed by atoms with Gasteiger partial charge in [0.15, 0.2) is 5.82 Å². The third kappa shape index (κ3) is 2.95. The molecule has 10 heteroatoms. The number of aromatic amines is 1. The smallest absolute Gasteiger partial charge is 0.243 e. The van der Waals surface area contributed by atoms with Gasteiger partial charge in [-0.25, -0.2) is 17.5 Å². The highest BCUT2D eigenvalue weighted by Gasteiger charge is 2.24. The van der Waals surface area contributed by atoms with Crippen LogP contribution in [-0.4, -0.2) is 18.6 Å². The minimum Gasteiger partial charge on any atom is -0.395 e. The lowest BCUT2D eigenvalue weighted by molar-refractivity contribution is 0.558. The standard InChI is InChI=1S/C10H9BrClFN4O2S/c11-8-6(12)1-7(9(13)10(8)14)20(18,19)17-4-5-2-15-16-3-5/h1-3,17H,4,14H2,(H,15,16). The topological polar surface area (TPSA) is 101 Å². The summed E-state index contributed by atoms with van der Waals surface area (Å²) in [6.45, 7) is -0.0359. The third-order valence-electron chi connectivity index (χ3n) is 2.47. The van der Waals surface area contributed by atoms with Gasteiger partial charge in [-0.2, -0.15) is 5.10 Å². The number of sulfonamides is 1. The molecular weight excluding hydrogens is 375 g/mol. The second kappa shape index (κ2) is 5.68. The summed E-state index contributed by atoms with van der Waals surface area (Å²) in [5.41, 5.74) is 5.70. The number of halogens is 3. The first kappa shape index (κ1) is 15.2. The third-order valence-corrected chi connectivity index (χ3v) is 5.25. The van der Waals surface area contributed by atoms with E-state index in [1.165, 1.54) is 12.4 Å². The molecule has 0 bridgehead atoms. The van der Waals surface area contributed by atoms with Crippen LogP contribution in [0.4, 0.5) is 10.1 Å². The number of nitrogens with one attached hydrogen (secondary N) is 2. The predicted molar refractivity (Wildman–Crippen MR) is 76.1 cm³/mol. The van der Waals surface area contributed by atoms with E-state index in [0.717, 1.165) is 6.07 Å². The molecule has 1 aromatic heterocycles. The summed E-state index contributed by atoms with van der Waals surface area (Å²) in [7, 11) is -4.08. The summed E-state index contributed by atoms with van der Waals surface area (Å²) in [6, 6.07) is 0.995. The van der Waals surface area contributed by atoms with Crippen LogP contribution >= 0.6 is 27.5 Å². The van der Waals surface area contributed by atoms with Gasteiger partial charge in [0.2, 0.25) is 10.0 Å². The lowest BCUT2D eigenvalue weighted by atomic mass is 10.3. The first-order valence-electron chi connectivity index (χ1n) is 5.23. The van der Waals surface area contributed by atoms with Crippen molar-refractivity contribution >= 4 is 43.2 Å². The molecule has 0 radical (unpaired) electrons. The van der Waals surface area contributed by atoms with Gasteiger partial charge in [0.1, 0.15) is 4.90 Å². The SMILES string of the molecule is Nc1c(F)c(S(=O)(=O)NCc2cn[nH]c2)cc(Cl)c1Br. The molecule has 0 saturated heterocycles. The summed E-state index contributed by atoms with van der Waals surface area (Å²) in [6.07, 6.45) is 2.96. The molecular formula is C10H9BrClFN4O2S. The Kier molecular flexibility index (Phi) is 4.33. The van der Waals surface area contributed by atoms with Crippen LogP contribution < -0.4 is 10.5 Å². The van der Waals surface area contributed by atoms with Gasteiger partial charge in [-0.1, -0.05) is 11.6 Å². The summed E-state index contributed by atoms with van der Waals surface area (Å²) >= 11 is 8.77. The fourth-order valence-corrected chi connectivity index (χ4v) is 3.12. The largest absolute Gasteiger partial charge is 0.395 e. The van der Waals surface area contributed by atoms with Gasteiger partial charge >= 0.3 is 0 Å². The molecule has 6 nitrogen and oxygen atoms in total. The molecule has 0 aliphatic heterocycles. The zero-order chi connectivity index (χ0) is 14.9. The maximum absolute atomic E-state index is 14.0. The van der Waals surface area contributed by atoms with Gasteiger partial charge in [0.05, 0.1) is 21.4 Å². The molecule has 0 fully saturated rings. The number of hydrogen-bond donors (Lipinski definition) is 3. The van der Waals surface area contributed by atoms with Crippen LogP contribution in [0.3, 0.4) is 0 Å². The Morgan fingerprint density at radius 2 is 2.25 bits per heavy atom. The highest BCUT2D eigenvalue weighted by Crippen LogP contribution is 2.34. The van der Waals surface area contributed by atoms with Crippen molar-refractivity contribution in [1.82, 2.24) is 14.9 Å². The van der Waals surface area contributed by atoms with Crippen molar-refractivity contribution in [3.05, 3.63) is 39.3 Å². The first-order chi connectivity index (χ1) is 9.33. The molecule has 0 saturated carbocycles. The van der Waals surface area contributed by atoms with Crippen LogP contribution in [0.5, 0.6) is 0 Å². The summed E-state index contributed by atoms with van der Waals surface area (Å²) < 4.78 is 40.4. The first-order valence-corrected chi connectivity index (χ1v) is 7.88. The van der Waals surface area contributed by atoms with Gasteiger partial charge in [-0.05, 0) is 22.0 Å².